The van der Waals surface area contributed by atoms with Crippen LogP contribution in [0.15, 0.2) is 24.3 Å². The number of hydrogen-bond acceptors (Lipinski definition) is 4. The molecule has 2 heterocycles. The number of piperidine rings is 1. The summed E-state index contributed by atoms with van der Waals surface area (Å²) in [6.07, 6.45) is 2.30. The maximum Gasteiger partial charge on any atom is 0.239 e. The molecule has 0 spiro atoms. The number of thiazole rings is 1. The Kier molecular flexibility index (Phi) is 4.45. The molecule has 0 N–H and O–H groups in total. The molecule has 5 heteroatoms. The molecule has 0 radical (unpaired) electrons. The summed E-state index contributed by atoms with van der Waals surface area (Å²) in [5.41, 5.74) is 1.09. The molecule has 0 saturated carbocycles. The third kappa shape index (κ3) is 3.01. The Labute approximate surface area is 135 Å². The number of hydrogen-bond donors (Lipinski definition) is 0. The molecule has 22 heavy (non-hydrogen) atoms. The van der Waals surface area contributed by atoms with Crippen LogP contribution in [0.25, 0.3) is 10.2 Å². The first-order valence-corrected chi connectivity index (χ1v) is 8.68. The van der Waals surface area contributed by atoms with Crippen molar-refractivity contribution in [2.45, 2.75) is 31.7 Å². The highest BCUT2D eigenvalue weighted by atomic mass is 32.1. The molecule has 2 atom stereocenters. The van der Waals surface area contributed by atoms with Gasteiger partial charge in [-0.15, -0.1) is 11.3 Å². The number of fused-ring (bicyclic) bond motifs is 1. The van der Waals surface area contributed by atoms with Crippen LogP contribution in [0.1, 0.15) is 30.7 Å². The van der Waals surface area contributed by atoms with Crippen LogP contribution in [0.5, 0.6) is 0 Å². The molecule has 1 aliphatic rings. The van der Waals surface area contributed by atoms with E-state index in [0.717, 1.165) is 25.0 Å². The molecule has 2 aromatic rings. The number of benzene rings is 1. The van der Waals surface area contributed by atoms with Gasteiger partial charge in [-0.3, -0.25) is 9.69 Å². The number of amides is 1. The van der Waals surface area contributed by atoms with E-state index in [0.29, 0.717) is 5.92 Å². The molecule has 4 nitrogen and oxygen atoms in total. The van der Waals surface area contributed by atoms with Crippen molar-refractivity contribution >= 4 is 27.5 Å². The maximum atomic E-state index is 12.2. The Morgan fingerprint density at radius 1 is 1.41 bits per heavy atom. The molecular formula is C17H23N3OS. The first-order chi connectivity index (χ1) is 10.6. The van der Waals surface area contributed by atoms with Gasteiger partial charge in [-0.05, 0) is 38.4 Å². The molecule has 3 rings (SSSR count). The van der Waals surface area contributed by atoms with Crippen LogP contribution >= 0.6 is 11.3 Å². The molecule has 1 fully saturated rings. The van der Waals surface area contributed by atoms with Gasteiger partial charge in [0, 0.05) is 26.6 Å². The number of aromatic nitrogens is 1. The van der Waals surface area contributed by atoms with Crippen molar-refractivity contribution in [1.82, 2.24) is 14.8 Å². The number of rotatable bonds is 3. The Bertz CT molecular complexity index is 634. The predicted octanol–water partition coefficient (Wildman–Crippen LogP) is 2.95. The van der Waals surface area contributed by atoms with Crippen LogP contribution < -0.4 is 0 Å². The highest BCUT2D eigenvalue weighted by Gasteiger charge is 2.30. The van der Waals surface area contributed by atoms with Crippen LogP contribution in [0.3, 0.4) is 0 Å². The summed E-state index contributed by atoms with van der Waals surface area (Å²) >= 11 is 1.80. The zero-order valence-electron chi connectivity index (χ0n) is 13.5. The lowest BCUT2D eigenvalue weighted by molar-refractivity contribution is -0.134. The van der Waals surface area contributed by atoms with Gasteiger partial charge in [0.15, 0.2) is 0 Å². The summed E-state index contributed by atoms with van der Waals surface area (Å²) in [5, 5.41) is 1.22. The Morgan fingerprint density at radius 3 is 2.91 bits per heavy atom. The monoisotopic (exact) mass is 317 g/mol. The van der Waals surface area contributed by atoms with Gasteiger partial charge in [-0.25, -0.2) is 4.98 Å². The van der Waals surface area contributed by atoms with Crippen LogP contribution in [-0.4, -0.2) is 53.9 Å². The molecular weight excluding hydrogens is 294 g/mol. The Hall–Kier alpha value is -1.46. The summed E-state index contributed by atoms with van der Waals surface area (Å²) in [6.45, 7) is 3.95. The fourth-order valence-corrected chi connectivity index (χ4v) is 4.25. The van der Waals surface area contributed by atoms with E-state index in [9.17, 15) is 4.79 Å². The van der Waals surface area contributed by atoms with Gasteiger partial charge >= 0.3 is 0 Å². The quantitative estimate of drug-likeness (QED) is 0.873. The van der Waals surface area contributed by atoms with Crippen LogP contribution in [0, 0.1) is 0 Å². The van der Waals surface area contributed by atoms with E-state index in [1.165, 1.54) is 16.1 Å². The highest BCUT2D eigenvalue weighted by Crippen LogP contribution is 2.33. The zero-order valence-corrected chi connectivity index (χ0v) is 14.3. The van der Waals surface area contributed by atoms with Gasteiger partial charge in [0.05, 0.1) is 21.3 Å². The summed E-state index contributed by atoms with van der Waals surface area (Å²) in [5.74, 6) is 0.633. The molecule has 0 unspecified atom stereocenters. The second-order valence-electron chi connectivity index (χ2n) is 6.26. The lowest BCUT2D eigenvalue weighted by Gasteiger charge is -2.36. The second kappa shape index (κ2) is 6.34. The molecule has 1 aromatic heterocycles. The van der Waals surface area contributed by atoms with Crippen LogP contribution in [0.2, 0.25) is 0 Å². The van der Waals surface area contributed by atoms with E-state index in [-0.39, 0.29) is 11.9 Å². The third-order valence-corrected chi connectivity index (χ3v) is 5.66. The number of carbonyl (C=O) groups excluding carboxylic acids is 1. The minimum absolute atomic E-state index is 0.0489. The molecule has 1 aromatic carbocycles. The van der Waals surface area contributed by atoms with Crippen molar-refractivity contribution < 1.29 is 4.79 Å². The van der Waals surface area contributed by atoms with Crippen molar-refractivity contribution in [1.29, 1.82) is 0 Å². The lowest BCUT2D eigenvalue weighted by atomic mass is 9.97. The maximum absolute atomic E-state index is 12.2. The fraction of sp³-hybridized carbons (Fsp3) is 0.529. The van der Waals surface area contributed by atoms with Crippen LogP contribution in [0.4, 0.5) is 0 Å². The van der Waals surface area contributed by atoms with Crippen LogP contribution in [-0.2, 0) is 4.79 Å². The number of carbonyl (C=O) groups is 1. The summed E-state index contributed by atoms with van der Waals surface area (Å²) in [4.78, 5) is 21.0. The van der Waals surface area contributed by atoms with Gasteiger partial charge in [0.2, 0.25) is 5.91 Å². The summed E-state index contributed by atoms with van der Waals surface area (Å²) in [6, 6.07) is 8.27. The first kappa shape index (κ1) is 15.4. The molecule has 0 bridgehead atoms. The molecule has 1 amide bonds. The standard InChI is InChI=1S/C17H23N3OS/c1-12(17(21)19(2)3)20-10-6-7-13(11-20)16-18-14-8-4-5-9-15(14)22-16/h4-5,8-9,12-13H,6-7,10-11H2,1-3H3/t12-,13+/m1/s1. The van der Waals surface area contributed by atoms with Crippen molar-refractivity contribution in [3.8, 4) is 0 Å². The van der Waals surface area contributed by atoms with E-state index in [1.54, 1.807) is 16.2 Å². The van der Waals surface area contributed by atoms with Gasteiger partial charge in [0.25, 0.3) is 0 Å². The number of para-hydroxylation sites is 1. The molecule has 1 saturated heterocycles. The molecule has 1 aliphatic heterocycles. The summed E-state index contributed by atoms with van der Waals surface area (Å²) in [7, 11) is 3.65. The average molecular weight is 317 g/mol. The number of likely N-dealkylation sites (tertiary alicyclic amines) is 1. The molecule has 118 valence electrons. The smallest absolute Gasteiger partial charge is 0.239 e. The van der Waals surface area contributed by atoms with Crippen molar-refractivity contribution in [2.24, 2.45) is 0 Å². The van der Waals surface area contributed by atoms with E-state index >= 15 is 0 Å². The predicted molar refractivity (Wildman–Crippen MR) is 91.3 cm³/mol. The van der Waals surface area contributed by atoms with Crippen molar-refractivity contribution in [3.63, 3.8) is 0 Å². The Balaban J connectivity index is 1.76. The second-order valence-corrected chi connectivity index (χ2v) is 7.32. The summed E-state index contributed by atoms with van der Waals surface area (Å²) < 4.78 is 1.26. The van der Waals surface area contributed by atoms with E-state index in [2.05, 4.69) is 23.1 Å². The highest BCUT2D eigenvalue weighted by molar-refractivity contribution is 7.18. The minimum Gasteiger partial charge on any atom is -0.347 e. The van der Waals surface area contributed by atoms with E-state index in [4.69, 9.17) is 4.98 Å². The van der Waals surface area contributed by atoms with Crippen molar-refractivity contribution in [3.05, 3.63) is 29.3 Å². The van der Waals surface area contributed by atoms with Gasteiger partial charge in [0.1, 0.15) is 0 Å². The molecule has 0 aliphatic carbocycles. The Morgan fingerprint density at radius 2 is 2.18 bits per heavy atom. The average Bonchev–Trinajstić information content (AvgIpc) is 2.97. The lowest BCUT2D eigenvalue weighted by Crippen LogP contribution is -2.48. The van der Waals surface area contributed by atoms with Gasteiger partial charge in [-0.2, -0.15) is 0 Å². The first-order valence-electron chi connectivity index (χ1n) is 7.87. The number of nitrogens with zero attached hydrogens (tertiary/aromatic N) is 3. The third-order valence-electron chi connectivity index (χ3n) is 4.46. The largest absolute Gasteiger partial charge is 0.347 e. The van der Waals surface area contributed by atoms with Gasteiger partial charge < -0.3 is 4.90 Å². The van der Waals surface area contributed by atoms with Crippen molar-refractivity contribution in [2.75, 3.05) is 27.2 Å². The zero-order chi connectivity index (χ0) is 15.7. The van der Waals surface area contributed by atoms with Gasteiger partial charge in [-0.1, -0.05) is 12.1 Å². The normalized spacial score (nSPS) is 21.0. The minimum atomic E-state index is -0.0489. The fourth-order valence-electron chi connectivity index (χ4n) is 3.15. The SMILES string of the molecule is C[C@H](C(=O)N(C)C)N1CCC[C@H](c2nc3ccccc3s2)C1. The van der Waals surface area contributed by atoms with E-state index < -0.39 is 0 Å². The number of likely N-dealkylation sites (N-methyl/N-ethyl adjacent to an activating group) is 1. The topological polar surface area (TPSA) is 36.4 Å². The van der Waals surface area contributed by atoms with E-state index in [1.807, 2.05) is 27.1 Å².